The van der Waals surface area contributed by atoms with Crippen LogP contribution >= 0.6 is 0 Å². The first kappa shape index (κ1) is 15.0. The van der Waals surface area contributed by atoms with E-state index in [0.29, 0.717) is 6.54 Å². The monoisotopic (exact) mass is 302 g/mol. The van der Waals surface area contributed by atoms with Crippen molar-refractivity contribution < 1.29 is 14.7 Å². The molecular weight excluding hydrogens is 280 g/mol. The molecule has 5 heteroatoms. The van der Waals surface area contributed by atoms with Crippen LogP contribution in [0.5, 0.6) is 0 Å². The third-order valence-electron chi connectivity index (χ3n) is 4.77. The second kappa shape index (κ2) is 6.48. The maximum Gasteiger partial charge on any atom is 0.249 e. The van der Waals surface area contributed by atoms with E-state index in [1.54, 1.807) is 4.90 Å². The molecule has 0 bridgehead atoms. The van der Waals surface area contributed by atoms with E-state index in [1.165, 1.54) is 6.42 Å². The minimum atomic E-state index is -0.557. The number of carbonyl (C=O) groups is 2. The predicted molar refractivity (Wildman–Crippen MR) is 83.1 cm³/mol. The van der Waals surface area contributed by atoms with Crippen LogP contribution in [-0.2, 0) is 16.1 Å². The van der Waals surface area contributed by atoms with Gasteiger partial charge < -0.3 is 15.3 Å². The third kappa shape index (κ3) is 2.86. The Morgan fingerprint density at radius 1 is 1.23 bits per heavy atom. The van der Waals surface area contributed by atoms with Crippen LogP contribution in [0.3, 0.4) is 0 Å². The number of hydrogen-bond acceptors (Lipinski definition) is 3. The Hall–Kier alpha value is -1.88. The van der Waals surface area contributed by atoms with Gasteiger partial charge in [0.05, 0.1) is 0 Å². The average molecular weight is 302 g/mol. The molecule has 22 heavy (non-hydrogen) atoms. The topological polar surface area (TPSA) is 69.6 Å². The minimum Gasteiger partial charge on any atom is -0.387 e. The van der Waals surface area contributed by atoms with Gasteiger partial charge in [0.1, 0.15) is 12.6 Å². The van der Waals surface area contributed by atoms with Crippen LogP contribution < -0.4 is 5.32 Å². The Balaban J connectivity index is 1.95. The van der Waals surface area contributed by atoms with Crippen LogP contribution in [0, 0.1) is 5.92 Å². The van der Waals surface area contributed by atoms with Crippen molar-refractivity contribution in [2.75, 3.05) is 11.9 Å². The first-order valence-electron chi connectivity index (χ1n) is 8.00. The van der Waals surface area contributed by atoms with Gasteiger partial charge >= 0.3 is 0 Å². The zero-order chi connectivity index (χ0) is 15.5. The molecule has 3 rings (SSSR count). The highest BCUT2D eigenvalue weighted by Crippen LogP contribution is 2.33. The molecule has 0 aromatic heterocycles. The Kier molecular flexibility index (Phi) is 4.43. The smallest absolute Gasteiger partial charge is 0.249 e. The minimum absolute atomic E-state index is 0.126. The number of carbonyl (C=O) groups excluding carboxylic acids is 2. The van der Waals surface area contributed by atoms with Crippen LogP contribution in [0.2, 0.25) is 0 Å². The Morgan fingerprint density at radius 3 is 2.68 bits per heavy atom. The Bertz CT molecular complexity index is 567. The number of rotatable bonds is 2. The second-order valence-corrected chi connectivity index (χ2v) is 6.17. The lowest BCUT2D eigenvalue weighted by Crippen LogP contribution is -2.50. The number of hydrogen-bond donors (Lipinski definition) is 2. The summed E-state index contributed by atoms with van der Waals surface area (Å²) in [7, 11) is 0. The van der Waals surface area contributed by atoms with Crippen LogP contribution in [0.25, 0.3) is 0 Å². The number of para-hydroxylation sites is 1. The maximum atomic E-state index is 12.7. The number of aliphatic hydroxyl groups is 1. The molecule has 2 aliphatic rings. The standard InChI is InChI=1S/C17H22N2O3/c20-11-15(21)19-10-13-8-4-5-9-14(13)18-17(22)16(19)12-6-2-1-3-7-12/h4-5,8-9,12,16,20H,1-3,6-7,10-11H2,(H,18,22). The van der Waals surface area contributed by atoms with Crippen LogP contribution in [0.15, 0.2) is 24.3 Å². The van der Waals surface area contributed by atoms with E-state index in [4.69, 9.17) is 0 Å². The summed E-state index contributed by atoms with van der Waals surface area (Å²) in [6.07, 6.45) is 5.32. The molecule has 1 heterocycles. The molecule has 0 radical (unpaired) electrons. The van der Waals surface area contributed by atoms with Crippen molar-refractivity contribution in [3.63, 3.8) is 0 Å². The van der Waals surface area contributed by atoms with Gasteiger partial charge in [0.15, 0.2) is 0 Å². The zero-order valence-corrected chi connectivity index (χ0v) is 12.6. The van der Waals surface area contributed by atoms with E-state index >= 15 is 0 Å². The molecule has 2 amide bonds. The van der Waals surface area contributed by atoms with E-state index in [9.17, 15) is 14.7 Å². The van der Waals surface area contributed by atoms with Gasteiger partial charge in [0.2, 0.25) is 11.8 Å². The summed E-state index contributed by atoms with van der Waals surface area (Å²) >= 11 is 0. The normalized spacial score (nSPS) is 22.7. The SMILES string of the molecule is O=C1Nc2ccccc2CN(C(=O)CO)C1C1CCCCC1. The predicted octanol–water partition coefficient (Wildman–Crippen LogP) is 1.91. The van der Waals surface area contributed by atoms with Gasteiger partial charge in [-0.05, 0) is 30.4 Å². The van der Waals surface area contributed by atoms with Crippen molar-refractivity contribution in [2.24, 2.45) is 5.92 Å². The molecule has 1 aromatic rings. The van der Waals surface area contributed by atoms with Crippen molar-refractivity contribution in [1.82, 2.24) is 4.90 Å². The van der Waals surface area contributed by atoms with Gasteiger partial charge in [-0.1, -0.05) is 37.5 Å². The highest BCUT2D eigenvalue weighted by atomic mass is 16.3. The van der Waals surface area contributed by atoms with E-state index < -0.39 is 12.6 Å². The fourth-order valence-corrected chi connectivity index (χ4v) is 3.66. The maximum absolute atomic E-state index is 12.7. The van der Waals surface area contributed by atoms with Crippen LogP contribution in [0.1, 0.15) is 37.7 Å². The molecular formula is C17H22N2O3. The Morgan fingerprint density at radius 2 is 1.95 bits per heavy atom. The van der Waals surface area contributed by atoms with Gasteiger partial charge in [0, 0.05) is 12.2 Å². The van der Waals surface area contributed by atoms with Crippen molar-refractivity contribution in [3.8, 4) is 0 Å². The molecule has 118 valence electrons. The molecule has 1 aliphatic carbocycles. The first-order valence-corrected chi connectivity index (χ1v) is 8.00. The molecule has 1 aliphatic heterocycles. The van der Waals surface area contributed by atoms with E-state index in [2.05, 4.69) is 5.32 Å². The third-order valence-corrected chi connectivity index (χ3v) is 4.77. The summed E-state index contributed by atoms with van der Waals surface area (Å²) < 4.78 is 0. The van der Waals surface area contributed by atoms with Crippen LogP contribution in [-0.4, -0.2) is 34.5 Å². The molecule has 0 saturated heterocycles. The molecule has 1 unspecified atom stereocenters. The average Bonchev–Trinajstić information content (AvgIpc) is 2.70. The number of anilines is 1. The molecule has 1 fully saturated rings. The number of aliphatic hydroxyl groups excluding tert-OH is 1. The highest BCUT2D eigenvalue weighted by Gasteiger charge is 2.38. The van der Waals surface area contributed by atoms with E-state index in [-0.39, 0.29) is 17.7 Å². The lowest BCUT2D eigenvalue weighted by atomic mass is 9.82. The fraction of sp³-hybridized carbons (Fsp3) is 0.529. The molecule has 1 aromatic carbocycles. The summed E-state index contributed by atoms with van der Waals surface area (Å²) in [6, 6.07) is 7.06. The number of nitrogens with zero attached hydrogens (tertiary/aromatic N) is 1. The fourth-order valence-electron chi connectivity index (χ4n) is 3.66. The largest absolute Gasteiger partial charge is 0.387 e. The summed E-state index contributed by atoms with van der Waals surface area (Å²) in [5, 5.41) is 12.3. The van der Waals surface area contributed by atoms with Gasteiger partial charge in [-0.15, -0.1) is 0 Å². The van der Waals surface area contributed by atoms with Gasteiger partial charge in [0.25, 0.3) is 0 Å². The zero-order valence-electron chi connectivity index (χ0n) is 12.6. The van der Waals surface area contributed by atoms with Crippen LogP contribution in [0.4, 0.5) is 5.69 Å². The Labute approximate surface area is 130 Å². The first-order chi connectivity index (χ1) is 10.7. The lowest BCUT2D eigenvalue weighted by molar-refractivity contribution is -0.143. The van der Waals surface area contributed by atoms with E-state index in [0.717, 1.165) is 36.9 Å². The molecule has 0 spiro atoms. The summed E-state index contributed by atoms with van der Waals surface area (Å²) in [6.45, 7) is -0.186. The molecule has 2 N–H and O–H groups in total. The second-order valence-electron chi connectivity index (χ2n) is 6.17. The highest BCUT2D eigenvalue weighted by molar-refractivity contribution is 5.99. The number of benzene rings is 1. The number of amides is 2. The van der Waals surface area contributed by atoms with Crippen molar-refractivity contribution in [1.29, 1.82) is 0 Å². The van der Waals surface area contributed by atoms with Gasteiger partial charge in [-0.3, -0.25) is 9.59 Å². The van der Waals surface area contributed by atoms with Crippen molar-refractivity contribution >= 4 is 17.5 Å². The quantitative estimate of drug-likeness (QED) is 0.877. The summed E-state index contributed by atoms with van der Waals surface area (Å²) in [5.74, 6) is -0.320. The van der Waals surface area contributed by atoms with Gasteiger partial charge in [-0.2, -0.15) is 0 Å². The number of fused-ring (bicyclic) bond motifs is 1. The van der Waals surface area contributed by atoms with E-state index in [1.807, 2.05) is 24.3 Å². The van der Waals surface area contributed by atoms with Crippen molar-refractivity contribution in [2.45, 2.75) is 44.7 Å². The van der Waals surface area contributed by atoms with Gasteiger partial charge in [-0.25, -0.2) is 0 Å². The number of nitrogens with one attached hydrogen (secondary N) is 1. The lowest BCUT2D eigenvalue weighted by Gasteiger charge is -2.36. The summed E-state index contributed by atoms with van der Waals surface area (Å²) in [4.78, 5) is 26.5. The molecule has 1 atom stereocenters. The molecule has 1 saturated carbocycles. The summed E-state index contributed by atoms with van der Waals surface area (Å²) in [5.41, 5.74) is 1.68. The molecule has 5 nitrogen and oxygen atoms in total. The van der Waals surface area contributed by atoms with Crippen molar-refractivity contribution in [3.05, 3.63) is 29.8 Å².